The van der Waals surface area contributed by atoms with Crippen molar-refractivity contribution in [1.82, 2.24) is 14.9 Å². The van der Waals surface area contributed by atoms with E-state index >= 15 is 0 Å². The number of aliphatic carboxylic acids is 1. The molecule has 0 aromatic heterocycles. The van der Waals surface area contributed by atoms with Crippen LogP contribution in [0.4, 0.5) is 0 Å². The summed E-state index contributed by atoms with van der Waals surface area (Å²) in [6, 6.07) is 2.82. The summed E-state index contributed by atoms with van der Waals surface area (Å²) in [5, 5.41) is 21.6. The largest absolute Gasteiger partial charge is 0.481 e. The van der Waals surface area contributed by atoms with E-state index in [1.807, 2.05) is 18.7 Å². The van der Waals surface area contributed by atoms with E-state index < -0.39 is 23.8 Å². The van der Waals surface area contributed by atoms with Crippen LogP contribution in [0.5, 0.6) is 11.5 Å². The third-order valence-electron chi connectivity index (χ3n) is 7.50. The molecule has 1 aromatic carbocycles. The minimum absolute atomic E-state index is 0.00494. The molecule has 0 radical (unpaired) electrons. The summed E-state index contributed by atoms with van der Waals surface area (Å²) in [4.78, 5) is 59.2. The quantitative estimate of drug-likeness (QED) is 0.275. The molecule has 1 aromatic rings. The molecule has 3 aliphatic rings. The van der Waals surface area contributed by atoms with Gasteiger partial charge in [0, 0.05) is 50.0 Å². The highest BCUT2D eigenvalue weighted by atomic mass is 16.7. The Morgan fingerprint density at radius 2 is 1.87 bits per heavy atom. The molecule has 3 atom stereocenters. The zero-order valence-corrected chi connectivity index (χ0v) is 22.5. The van der Waals surface area contributed by atoms with Crippen LogP contribution in [0, 0.1) is 5.92 Å². The fourth-order valence-corrected chi connectivity index (χ4v) is 5.68. The first-order chi connectivity index (χ1) is 18.8. The minimum atomic E-state index is -1.05. The van der Waals surface area contributed by atoms with Crippen LogP contribution in [-0.2, 0) is 30.6 Å². The van der Waals surface area contributed by atoms with E-state index in [0.717, 1.165) is 6.42 Å². The summed E-state index contributed by atoms with van der Waals surface area (Å²) in [6.45, 7) is 4.62. The van der Waals surface area contributed by atoms with Gasteiger partial charge in [0.2, 0.25) is 18.6 Å². The molecule has 12 heteroatoms. The molecule has 2 fully saturated rings. The molecule has 1 unspecified atom stereocenters. The summed E-state index contributed by atoms with van der Waals surface area (Å²) < 4.78 is 11.0. The van der Waals surface area contributed by atoms with Gasteiger partial charge in [0.05, 0.1) is 25.7 Å². The molecular formula is C27H37N3O9. The Labute approximate surface area is 227 Å². The molecule has 3 aliphatic heterocycles. The van der Waals surface area contributed by atoms with E-state index in [1.165, 1.54) is 9.96 Å². The van der Waals surface area contributed by atoms with Crippen LogP contribution in [0.2, 0.25) is 0 Å². The number of hydrogen-bond acceptors (Lipinski definition) is 9. The number of hydroxylamine groups is 2. The van der Waals surface area contributed by atoms with Gasteiger partial charge in [-0.15, -0.1) is 0 Å². The monoisotopic (exact) mass is 547 g/mol. The summed E-state index contributed by atoms with van der Waals surface area (Å²) >= 11 is 0. The van der Waals surface area contributed by atoms with Gasteiger partial charge in [-0.1, -0.05) is 13.8 Å². The number of rotatable bonds is 13. The average Bonchev–Trinajstić information content (AvgIpc) is 3.62. The molecule has 0 saturated carbocycles. The summed E-state index contributed by atoms with van der Waals surface area (Å²) in [6.07, 6.45) is 1.94. The van der Waals surface area contributed by atoms with Crippen molar-refractivity contribution < 1.29 is 43.7 Å². The maximum atomic E-state index is 13.3. The highest BCUT2D eigenvalue weighted by molar-refractivity contribution is 6.01. The number of fused-ring (bicyclic) bond motifs is 1. The summed E-state index contributed by atoms with van der Waals surface area (Å²) in [5.41, 5.74) is 1.14. The molecular weight excluding hydrogens is 510 g/mol. The fraction of sp³-hybridized carbons (Fsp3) is 0.630. The number of amides is 3. The topological polar surface area (TPSA) is 146 Å². The maximum absolute atomic E-state index is 13.3. The molecule has 2 saturated heterocycles. The van der Waals surface area contributed by atoms with Gasteiger partial charge in [0.1, 0.15) is 0 Å². The third-order valence-corrected chi connectivity index (χ3v) is 7.50. The van der Waals surface area contributed by atoms with E-state index in [-0.39, 0.29) is 70.0 Å². The van der Waals surface area contributed by atoms with E-state index in [4.69, 9.17) is 14.3 Å². The fourth-order valence-electron chi connectivity index (χ4n) is 5.68. The van der Waals surface area contributed by atoms with Gasteiger partial charge in [-0.2, -0.15) is 0 Å². The Bertz CT molecular complexity index is 1080. The molecule has 39 heavy (non-hydrogen) atoms. The number of benzene rings is 1. The van der Waals surface area contributed by atoms with Gasteiger partial charge < -0.3 is 19.7 Å². The zero-order valence-electron chi connectivity index (χ0n) is 22.5. The number of nitrogens with zero attached hydrogens (tertiary/aromatic N) is 3. The van der Waals surface area contributed by atoms with Crippen molar-refractivity contribution in [3.8, 4) is 11.5 Å². The number of hydrogen-bond donors (Lipinski definition) is 2. The lowest BCUT2D eigenvalue weighted by Gasteiger charge is -2.30. The second-order valence-electron chi connectivity index (χ2n) is 10.1. The highest BCUT2D eigenvalue weighted by Gasteiger charge is 2.48. The first-order valence-corrected chi connectivity index (χ1v) is 13.6. The zero-order chi connectivity index (χ0) is 28.1. The Kier molecular flexibility index (Phi) is 9.41. The van der Waals surface area contributed by atoms with Crippen molar-refractivity contribution in [3.63, 3.8) is 0 Å². The van der Waals surface area contributed by atoms with Crippen molar-refractivity contribution in [1.29, 1.82) is 0 Å². The Morgan fingerprint density at radius 3 is 2.51 bits per heavy atom. The van der Waals surface area contributed by atoms with Crippen LogP contribution in [-0.4, -0.2) is 94.4 Å². The molecule has 3 amide bonds. The van der Waals surface area contributed by atoms with Gasteiger partial charge in [-0.25, -0.2) is 5.06 Å². The number of aliphatic hydroxyl groups excluding tert-OH is 1. The average molecular weight is 548 g/mol. The van der Waals surface area contributed by atoms with Crippen LogP contribution >= 0.6 is 0 Å². The molecule has 214 valence electrons. The summed E-state index contributed by atoms with van der Waals surface area (Å²) in [5.74, 6) is -2.48. The lowest BCUT2D eigenvalue weighted by Crippen LogP contribution is -2.45. The Hall–Kier alpha value is -3.22. The minimum Gasteiger partial charge on any atom is -0.481 e. The van der Waals surface area contributed by atoms with Gasteiger partial charge in [0.25, 0.3) is 5.91 Å². The normalized spacial score (nSPS) is 22.6. The first-order valence-electron chi connectivity index (χ1n) is 13.6. The third kappa shape index (κ3) is 6.18. The van der Waals surface area contributed by atoms with Crippen molar-refractivity contribution in [2.45, 2.75) is 64.5 Å². The van der Waals surface area contributed by atoms with E-state index in [1.54, 1.807) is 12.1 Å². The van der Waals surface area contributed by atoms with Crippen molar-refractivity contribution >= 4 is 23.7 Å². The van der Waals surface area contributed by atoms with Gasteiger partial charge in [-0.05, 0) is 37.0 Å². The molecule has 0 spiro atoms. The van der Waals surface area contributed by atoms with Crippen LogP contribution in [0.1, 0.15) is 63.0 Å². The number of imide groups is 1. The highest BCUT2D eigenvalue weighted by Crippen LogP contribution is 2.44. The van der Waals surface area contributed by atoms with Crippen molar-refractivity contribution in [3.05, 3.63) is 23.3 Å². The maximum Gasteiger partial charge on any atom is 0.308 e. The lowest BCUT2D eigenvalue weighted by atomic mass is 9.83. The van der Waals surface area contributed by atoms with Gasteiger partial charge in [-0.3, -0.25) is 33.8 Å². The molecule has 2 N–H and O–H groups in total. The number of likely N-dealkylation sites (tertiary alicyclic amines) is 2. The predicted octanol–water partition coefficient (Wildman–Crippen LogP) is 1.50. The van der Waals surface area contributed by atoms with E-state index in [2.05, 4.69) is 0 Å². The molecule has 0 bridgehead atoms. The van der Waals surface area contributed by atoms with Crippen molar-refractivity contribution in [2.24, 2.45) is 5.92 Å². The number of carbonyl (C=O) groups is 4. The van der Waals surface area contributed by atoms with Gasteiger partial charge >= 0.3 is 5.97 Å². The van der Waals surface area contributed by atoms with Crippen LogP contribution in [0.3, 0.4) is 0 Å². The number of carbonyl (C=O) groups excluding carboxylic acids is 3. The molecule has 0 aliphatic carbocycles. The Morgan fingerprint density at radius 1 is 1.13 bits per heavy atom. The number of carboxylic acids is 1. The SMILES string of the molecule is CCCON(CCC)C(=O)CN1C[C@H](c2cc(CO)c3c(c2)OCO3)C(C(=O)O)[C@@H]1CCN1C(=O)CCC1=O. The van der Waals surface area contributed by atoms with Crippen molar-refractivity contribution in [2.75, 3.05) is 39.6 Å². The first kappa shape index (κ1) is 28.8. The van der Waals surface area contributed by atoms with E-state index in [0.29, 0.717) is 42.2 Å². The molecule has 4 rings (SSSR count). The van der Waals surface area contributed by atoms with E-state index in [9.17, 15) is 29.4 Å². The van der Waals surface area contributed by atoms with Gasteiger partial charge in [0.15, 0.2) is 11.5 Å². The second-order valence-corrected chi connectivity index (χ2v) is 10.1. The number of ether oxygens (including phenoxy) is 2. The lowest BCUT2D eigenvalue weighted by molar-refractivity contribution is -0.188. The van der Waals surface area contributed by atoms with Crippen LogP contribution < -0.4 is 9.47 Å². The Balaban J connectivity index is 1.64. The number of aliphatic hydroxyl groups is 1. The molecule has 3 heterocycles. The molecule has 12 nitrogen and oxygen atoms in total. The van der Waals surface area contributed by atoms with Crippen LogP contribution in [0.15, 0.2) is 12.1 Å². The number of carboxylic acid groups (broad SMARTS) is 1. The summed E-state index contributed by atoms with van der Waals surface area (Å²) in [7, 11) is 0. The standard InChI is InChI=1S/C27H37N3O9/c1-3-8-30(39-10-4-2)24(34)14-28-13-19(17-11-18(15-31)26-21(12-17)37-16-38-26)25(27(35)36)20(28)7-9-29-22(32)5-6-23(29)33/h11-12,19-20,25,31H,3-10,13-16H2,1-2H3,(H,35,36)/t19-,20+,25?/m1/s1. The second kappa shape index (κ2) is 12.8. The smallest absolute Gasteiger partial charge is 0.308 e. The predicted molar refractivity (Wildman–Crippen MR) is 137 cm³/mol. The van der Waals surface area contributed by atoms with Crippen LogP contribution in [0.25, 0.3) is 0 Å².